The van der Waals surface area contributed by atoms with Gasteiger partial charge in [-0.1, -0.05) is 29.9 Å². The first kappa shape index (κ1) is 20.6. The molecule has 146 valence electrons. The van der Waals surface area contributed by atoms with Crippen LogP contribution in [0.2, 0.25) is 5.02 Å². The highest BCUT2D eigenvalue weighted by Crippen LogP contribution is 2.30. The van der Waals surface area contributed by atoms with Crippen molar-refractivity contribution in [2.75, 3.05) is 4.72 Å². The third kappa shape index (κ3) is 4.63. The van der Waals surface area contributed by atoms with Gasteiger partial charge in [0.25, 0.3) is 10.0 Å². The van der Waals surface area contributed by atoms with E-state index < -0.39 is 10.0 Å². The summed E-state index contributed by atoms with van der Waals surface area (Å²) in [7, 11) is -3.95. The number of hydrogen-bond donors (Lipinski definition) is 1. The van der Waals surface area contributed by atoms with E-state index in [1.807, 2.05) is 19.1 Å². The molecule has 0 aliphatic heterocycles. The van der Waals surface area contributed by atoms with Crippen LogP contribution in [0.15, 0.2) is 41.3 Å². The van der Waals surface area contributed by atoms with Crippen molar-refractivity contribution in [2.45, 2.75) is 18.2 Å². The van der Waals surface area contributed by atoms with Crippen molar-refractivity contribution in [1.82, 2.24) is 10.2 Å². The first-order chi connectivity index (χ1) is 13.9. The summed E-state index contributed by atoms with van der Waals surface area (Å²) < 4.78 is 33.1. The summed E-state index contributed by atoms with van der Waals surface area (Å²) in [6.45, 7) is 1.89. The van der Waals surface area contributed by atoms with E-state index in [9.17, 15) is 13.7 Å². The van der Waals surface area contributed by atoms with Gasteiger partial charge in [0.2, 0.25) is 5.13 Å². The second-order valence-corrected chi connectivity index (χ2v) is 8.74. The summed E-state index contributed by atoms with van der Waals surface area (Å²) in [6.07, 6.45) is 0.642. The Labute approximate surface area is 176 Å². The first-order valence-electron chi connectivity index (χ1n) is 8.13. The van der Waals surface area contributed by atoms with Crippen LogP contribution in [0.1, 0.15) is 23.1 Å². The number of ether oxygens (including phenoxy) is 1. The zero-order valence-electron chi connectivity index (χ0n) is 14.9. The smallest absolute Gasteiger partial charge is 0.263 e. The second kappa shape index (κ2) is 8.45. The maximum atomic E-state index is 12.6. The molecule has 0 aliphatic rings. The molecule has 0 fully saturated rings. The van der Waals surface area contributed by atoms with E-state index in [1.165, 1.54) is 36.4 Å². The highest BCUT2D eigenvalue weighted by atomic mass is 35.5. The van der Waals surface area contributed by atoms with Gasteiger partial charge in [0.15, 0.2) is 0 Å². The van der Waals surface area contributed by atoms with E-state index in [-0.39, 0.29) is 31.9 Å². The Balaban J connectivity index is 1.87. The van der Waals surface area contributed by atoms with Crippen molar-refractivity contribution in [2.24, 2.45) is 0 Å². The van der Waals surface area contributed by atoms with Crippen molar-refractivity contribution >= 4 is 38.1 Å². The lowest BCUT2D eigenvalue weighted by Gasteiger charge is -2.10. The molecule has 1 N–H and O–H groups in total. The average molecular weight is 446 g/mol. The Morgan fingerprint density at radius 2 is 1.90 bits per heavy atom. The number of halogens is 1. The third-order valence-corrected chi connectivity index (χ3v) is 6.42. The summed E-state index contributed by atoms with van der Waals surface area (Å²) in [6, 6.07) is 12.2. The Morgan fingerprint density at radius 1 is 1.14 bits per heavy atom. The van der Waals surface area contributed by atoms with E-state index in [2.05, 4.69) is 14.9 Å². The van der Waals surface area contributed by atoms with Gasteiger partial charge in [-0.25, -0.2) is 8.42 Å². The van der Waals surface area contributed by atoms with Crippen molar-refractivity contribution in [3.8, 4) is 23.6 Å². The lowest BCUT2D eigenvalue weighted by Crippen LogP contribution is -2.13. The molecule has 0 radical (unpaired) electrons. The number of aromatic nitrogens is 2. The molecule has 1 heterocycles. The minimum absolute atomic E-state index is 0.0138. The summed E-state index contributed by atoms with van der Waals surface area (Å²) >= 11 is 7.11. The van der Waals surface area contributed by atoms with E-state index in [1.54, 1.807) is 0 Å². The highest BCUT2D eigenvalue weighted by molar-refractivity contribution is 7.93. The fraction of sp³-hybridized carbons (Fsp3) is 0.111. The standard InChI is InChI=1S/C18H12ClN5O3S2/c1-2-17-22-23-18(28-17)24-29(25,26)14-5-6-16(12(7-14)10-21)27-13-4-3-11(9-20)15(19)8-13/h3-8H,2H2,1H3,(H,23,24). The molecular formula is C18H12ClN5O3S2. The van der Waals surface area contributed by atoms with Crippen LogP contribution in [-0.4, -0.2) is 18.6 Å². The topological polar surface area (TPSA) is 129 Å². The van der Waals surface area contributed by atoms with Crippen LogP contribution in [0.3, 0.4) is 0 Å². The van der Waals surface area contributed by atoms with Crippen LogP contribution in [-0.2, 0) is 16.4 Å². The van der Waals surface area contributed by atoms with Crippen LogP contribution < -0.4 is 9.46 Å². The number of aryl methyl sites for hydroxylation is 1. The second-order valence-electron chi connectivity index (χ2n) is 5.59. The van der Waals surface area contributed by atoms with Crippen LogP contribution in [0.4, 0.5) is 5.13 Å². The molecule has 0 unspecified atom stereocenters. The highest BCUT2D eigenvalue weighted by Gasteiger charge is 2.19. The molecule has 0 spiro atoms. The third-order valence-electron chi connectivity index (χ3n) is 3.66. The number of nitriles is 2. The molecule has 29 heavy (non-hydrogen) atoms. The van der Waals surface area contributed by atoms with Gasteiger partial charge in [-0.3, -0.25) is 4.72 Å². The van der Waals surface area contributed by atoms with Crippen molar-refractivity contribution in [1.29, 1.82) is 10.5 Å². The summed E-state index contributed by atoms with van der Waals surface area (Å²) in [5.41, 5.74) is 0.301. The molecule has 0 saturated heterocycles. The Morgan fingerprint density at radius 3 is 2.52 bits per heavy atom. The van der Waals surface area contributed by atoms with Crippen molar-refractivity contribution < 1.29 is 13.2 Å². The fourth-order valence-electron chi connectivity index (χ4n) is 2.24. The number of benzene rings is 2. The number of nitrogens with one attached hydrogen (secondary N) is 1. The van der Waals surface area contributed by atoms with Crippen LogP contribution in [0, 0.1) is 22.7 Å². The molecule has 0 saturated carbocycles. The fourth-order valence-corrected chi connectivity index (χ4v) is 4.39. The SMILES string of the molecule is CCc1nnc(NS(=O)(=O)c2ccc(Oc3ccc(C#N)c(Cl)c3)c(C#N)c2)s1. The molecule has 1 aromatic heterocycles. The summed E-state index contributed by atoms with van der Waals surface area (Å²) in [5.74, 6) is 0.455. The molecule has 0 amide bonds. The minimum Gasteiger partial charge on any atom is -0.456 e. The van der Waals surface area contributed by atoms with Gasteiger partial charge in [-0.15, -0.1) is 10.2 Å². The maximum absolute atomic E-state index is 12.6. The largest absolute Gasteiger partial charge is 0.456 e. The lowest BCUT2D eigenvalue weighted by atomic mass is 10.2. The van der Waals surface area contributed by atoms with Gasteiger partial charge < -0.3 is 4.74 Å². The molecule has 0 bridgehead atoms. The lowest BCUT2D eigenvalue weighted by molar-refractivity contribution is 0.480. The number of anilines is 1. The van der Waals surface area contributed by atoms with Gasteiger partial charge in [-0.05, 0) is 36.8 Å². The first-order valence-corrected chi connectivity index (χ1v) is 10.8. The number of hydrogen-bond acceptors (Lipinski definition) is 8. The molecule has 2 aromatic carbocycles. The van der Waals surface area contributed by atoms with Crippen LogP contribution in [0.25, 0.3) is 0 Å². The predicted molar refractivity (Wildman–Crippen MR) is 107 cm³/mol. The van der Waals surface area contributed by atoms with E-state index in [0.717, 1.165) is 11.3 Å². The molecular weight excluding hydrogens is 434 g/mol. The molecule has 3 rings (SSSR count). The van der Waals surface area contributed by atoms with Gasteiger partial charge in [0.1, 0.15) is 28.6 Å². The normalized spacial score (nSPS) is 10.8. The summed E-state index contributed by atoms with van der Waals surface area (Å²) in [5, 5.41) is 27.0. The van der Waals surface area contributed by atoms with E-state index in [4.69, 9.17) is 21.6 Å². The Hall–Kier alpha value is -3.18. The molecule has 8 nitrogen and oxygen atoms in total. The van der Waals surface area contributed by atoms with Gasteiger partial charge in [0.05, 0.1) is 21.0 Å². The molecule has 0 atom stereocenters. The van der Waals surface area contributed by atoms with Gasteiger partial charge in [0, 0.05) is 6.07 Å². The van der Waals surface area contributed by atoms with Gasteiger partial charge in [-0.2, -0.15) is 10.5 Å². The number of rotatable bonds is 6. The van der Waals surface area contributed by atoms with Crippen molar-refractivity contribution in [3.05, 3.63) is 57.6 Å². The summed E-state index contributed by atoms with van der Waals surface area (Å²) in [4.78, 5) is -0.118. The molecule has 11 heteroatoms. The number of sulfonamides is 1. The maximum Gasteiger partial charge on any atom is 0.263 e. The zero-order chi connectivity index (χ0) is 21.0. The zero-order valence-corrected chi connectivity index (χ0v) is 17.3. The van der Waals surface area contributed by atoms with Crippen LogP contribution >= 0.6 is 22.9 Å². The van der Waals surface area contributed by atoms with Crippen molar-refractivity contribution in [3.63, 3.8) is 0 Å². The van der Waals surface area contributed by atoms with Gasteiger partial charge >= 0.3 is 0 Å². The Bertz CT molecular complexity index is 1260. The predicted octanol–water partition coefficient (Wildman–Crippen LogP) is 4.09. The minimum atomic E-state index is -3.95. The van der Waals surface area contributed by atoms with E-state index >= 15 is 0 Å². The quantitative estimate of drug-likeness (QED) is 0.604. The average Bonchev–Trinajstić information content (AvgIpc) is 3.15. The van der Waals surface area contributed by atoms with Crippen LogP contribution in [0.5, 0.6) is 11.5 Å². The van der Waals surface area contributed by atoms with E-state index in [0.29, 0.717) is 17.2 Å². The monoisotopic (exact) mass is 445 g/mol. The molecule has 3 aromatic rings. The molecule has 0 aliphatic carbocycles. The Kier molecular flexibility index (Phi) is 5.99. The number of nitrogens with zero attached hydrogens (tertiary/aromatic N) is 4.